The van der Waals surface area contributed by atoms with Crippen molar-refractivity contribution in [1.82, 2.24) is 0 Å². The highest BCUT2D eigenvalue weighted by molar-refractivity contribution is 5.72. The Balaban J connectivity index is 4.15. The molecular weight excluding hydrogens is 252 g/mol. The van der Waals surface area contributed by atoms with Crippen molar-refractivity contribution >= 4 is 5.97 Å². The summed E-state index contributed by atoms with van der Waals surface area (Å²) in [5.41, 5.74) is 0. The van der Waals surface area contributed by atoms with Gasteiger partial charge in [0.1, 0.15) is 0 Å². The van der Waals surface area contributed by atoms with Gasteiger partial charge in [0.25, 0.3) is 0 Å². The van der Waals surface area contributed by atoms with E-state index in [9.17, 15) is 4.79 Å². The third-order valence-electron chi connectivity index (χ3n) is 3.80. The summed E-state index contributed by atoms with van der Waals surface area (Å²) in [6, 6.07) is 0. The second-order valence-corrected chi connectivity index (χ2v) is 6.17. The molecule has 0 amide bonds. The average molecular weight is 286 g/mol. The first kappa shape index (κ1) is 19.4. The Morgan fingerprint density at radius 1 is 1.05 bits per heavy atom. The molecule has 120 valence electrons. The monoisotopic (exact) mass is 286 g/mol. The van der Waals surface area contributed by atoms with Gasteiger partial charge in [-0.15, -0.1) is 0 Å². The van der Waals surface area contributed by atoms with E-state index in [2.05, 4.69) is 27.7 Å². The number of unbranched alkanes of at least 4 members (excludes halogenated alkanes) is 1. The van der Waals surface area contributed by atoms with Crippen LogP contribution in [0.3, 0.4) is 0 Å². The molecule has 0 aliphatic carbocycles. The van der Waals surface area contributed by atoms with E-state index in [1.807, 2.05) is 0 Å². The van der Waals surface area contributed by atoms with E-state index in [1.165, 1.54) is 12.8 Å². The van der Waals surface area contributed by atoms with Crippen LogP contribution in [0.2, 0.25) is 0 Å². The van der Waals surface area contributed by atoms with E-state index in [4.69, 9.17) is 9.47 Å². The van der Waals surface area contributed by atoms with Crippen molar-refractivity contribution in [2.75, 3.05) is 20.3 Å². The number of ether oxygens (including phenoxy) is 2. The van der Waals surface area contributed by atoms with Crippen molar-refractivity contribution < 1.29 is 14.3 Å². The molecule has 0 aliphatic heterocycles. The molecule has 0 fully saturated rings. The molecule has 2 unspecified atom stereocenters. The lowest BCUT2D eigenvalue weighted by molar-refractivity contribution is -0.152. The summed E-state index contributed by atoms with van der Waals surface area (Å²) in [5.74, 6) is 0.927. The van der Waals surface area contributed by atoms with Gasteiger partial charge in [-0.05, 0) is 24.7 Å². The quantitative estimate of drug-likeness (QED) is 0.497. The zero-order chi connectivity index (χ0) is 15.4. The zero-order valence-electron chi connectivity index (χ0n) is 14.1. The Morgan fingerprint density at radius 2 is 1.75 bits per heavy atom. The lowest BCUT2D eigenvalue weighted by atomic mass is 9.98. The molecule has 0 N–H and O–H groups in total. The fourth-order valence-electron chi connectivity index (χ4n) is 2.22. The van der Waals surface area contributed by atoms with Crippen LogP contribution in [-0.2, 0) is 14.3 Å². The Bertz CT molecular complexity index is 238. The molecule has 0 bridgehead atoms. The number of rotatable bonds is 12. The summed E-state index contributed by atoms with van der Waals surface area (Å²) in [5, 5.41) is 0. The van der Waals surface area contributed by atoms with Crippen LogP contribution in [0.4, 0.5) is 0 Å². The van der Waals surface area contributed by atoms with E-state index >= 15 is 0 Å². The molecule has 0 aromatic heterocycles. The highest BCUT2D eigenvalue weighted by atomic mass is 16.5. The third kappa shape index (κ3) is 9.35. The molecule has 0 rings (SSSR count). The van der Waals surface area contributed by atoms with Crippen LogP contribution in [0, 0.1) is 17.8 Å². The lowest BCUT2D eigenvalue weighted by Crippen LogP contribution is -2.25. The number of carbonyl (C=O) groups excluding carboxylic acids is 1. The third-order valence-corrected chi connectivity index (χ3v) is 3.80. The second kappa shape index (κ2) is 12.2. The van der Waals surface area contributed by atoms with Crippen LogP contribution in [0.15, 0.2) is 0 Å². The van der Waals surface area contributed by atoms with Gasteiger partial charge < -0.3 is 9.47 Å². The molecule has 20 heavy (non-hydrogen) atoms. The minimum atomic E-state index is -0.105. The molecule has 0 radical (unpaired) electrons. The Morgan fingerprint density at radius 3 is 2.25 bits per heavy atom. The van der Waals surface area contributed by atoms with E-state index in [-0.39, 0.29) is 11.9 Å². The summed E-state index contributed by atoms with van der Waals surface area (Å²) in [4.78, 5) is 12.1. The fourth-order valence-corrected chi connectivity index (χ4v) is 2.22. The van der Waals surface area contributed by atoms with Gasteiger partial charge in [0.15, 0.2) is 0 Å². The smallest absolute Gasteiger partial charge is 0.311 e. The number of esters is 1. The minimum Gasteiger partial charge on any atom is -0.465 e. The molecule has 3 nitrogen and oxygen atoms in total. The van der Waals surface area contributed by atoms with Crippen LogP contribution in [0.5, 0.6) is 0 Å². The van der Waals surface area contributed by atoms with Gasteiger partial charge >= 0.3 is 5.97 Å². The van der Waals surface area contributed by atoms with Crippen molar-refractivity contribution in [3.8, 4) is 0 Å². The summed E-state index contributed by atoms with van der Waals surface area (Å²) in [6.45, 7) is 9.74. The summed E-state index contributed by atoms with van der Waals surface area (Å²) >= 11 is 0. The molecular formula is C17H34O3. The van der Waals surface area contributed by atoms with Gasteiger partial charge in [0, 0.05) is 7.11 Å². The maximum Gasteiger partial charge on any atom is 0.311 e. The van der Waals surface area contributed by atoms with Gasteiger partial charge in [-0.1, -0.05) is 53.4 Å². The number of methoxy groups -OCH3 is 1. The summed E-state index contributed by atoms with van der Waals surface area (Å²) in [6.07, 6.45) is 6.54. The van der Waals surface area contributed by atoms with Gasteiger partial charge in [0.2, 0.25) is 0 Å². The Hall–Kier alpha value is -0.570. The van der Waals surface area contributed by atoms with Gasteiger partial charge in [-0.3, -0.25) is 4.79 Å². The van der Waals surface area contributed by atoms with Crippen LogP contribution in [-0.4, -0.2) is 26.3 Å². The molecule has 0 saturated carbocycles. The van der Waals surface area contributed by atoms with Crippen LogP contribution < -0.4 is 0 Å². The number of hydrogen-bond donors (Lipinski definition) is 0. The molecule has 0 saturated heterocycles. The molecule has 0 aliphatic rings. The van der Waals surface area contributed by atoms with Gasteiger partial charge in [-0.2, -0.15) is 0 Å². The maximum atomic E-state index is 12.1. The number of hydrogen-bond acceptors (Lipinski definition) is 3. The maximum absolute atomic E-state index is 12.1. The van der Waals surface area contributed by atoms with Crippen molar-refractivity contribution in [3.63, 3.8) is 0 Å². The predicted octanol–water partition coefficient (Wildman–Crippen LogP) is 4.44. The second-order valence-electron chi connectivity index (χ2n) is 6.17. The SMILES string of the molecule is CCCCC(CC)COC(=O)C(CCC(C)C)COC. The molecule has 0 aromatic rings. The first-order chi connectivity index (χ1) is 9.54. The van der Waals surface area contributed by atoms with Crippen LogP contribution in [0.25, 0.3) is 0 Å². The predicted molar refractivity (Wildman–Crippen MR) is 83.7 cm³/mol. The molecule has 0 heterocycles. The van der Waals surface area contributed by atoms with E-state index < -0.39 is 0 Å². The molecule has 2 atom stereocenters. The molecule has 0 spiro atoms. The standard InChI is InChI=1S/C17H34O3/c1-6-8-9-15(7-2)12-20-17(18)16(13-19-5)11-10-14(3)4/h14-16H,6-13H2,1-5H3. The first-order valence-corrected chi connectivity index (χ1v) is 8.20. The van der Waals surface area contributed by atoms with Crippen molar-refractivity contribution in [1.29, 1.82) is 0 Å². The van der Waals surface area contributed by atoms with E-state index in [0.717, 1.165) is 25.7 Å². The van der Waals surface area contributed by atoms with Crippen LogP contribution >= 0.6 is 0 Å². The van der Waals surface area contributed by atoms with E-state index in [1.54, 1.807) is 7.11 Å². The normalized spacial score (nSPS) is 14.3. The summed E-state index contributed by atoms with van der Waals surface area (Å²) in [7, 11) is 1.64. The Kier molecular flexibility index (Phi) is 11.8. The average Bonchev–Trinajstić information content (AvgIpc) is 2.43. The van der Waals surface area contributed by atoms with Crippen molar-refractivity contribution in [2.24, 2.45) is 17.8 Å². The minimum absolute atomic E-state index is 0.0811. The Labute approximate surface area is 125 Å². The first-order valence-electron chi connectivity index (χ1n) is 8.20. The lowest BCUT2D eigenvalue weighted by Gasteiger charge is -2.19. The molecule has 0 aromatic carbocycles. The van der Waals surface area contributed by atoms with Crippen LogP contribution in [0.1, 0.15) is 66.2 Å². The van der Waals surface area contributed by atoms with E-state index in [0.29, 0.717) is 25.0 Å². The van der Waals surface area contributed by atoms with Crippen molar-refractivity contribution in [2.45, 2.75) is 66.2 Å². The number of carbonyl (C=O) groups is 1. The largest absolute Gasteiger partial charge is 0.465 e. The highest BCUT2D eigenvalue weighted by Gasteiger charge is 2.21. The van der Waals surface area contributed by atoms with Gasteiger partial charge in [0.05, 0.1) is 19.1 Å². The van der Waals surface area contributed by atoms with Crippen molar-refractivity contribution in [3.05, 3.63) is 0 Å². The summed E-state index contributed by atoms with van der Waals surface area (Å²) < 4.78 is 10.7. The topological polar surface area (TPSA) is 35.5 Å². The molecule has 3 heteroatoms. The zero-order valence-corrected chi connectivity index (χ0v) is 14.1. The fraction of sp³-hybridized carbons (Fsp3) is 0.941. The van der Waals surface area contributed by atoms with Gasteiger partial charge in [-0.25, -0.2) is 0 Å². The highest BCUT2D eigenvalue weighted by Crippen LogP contribution is 2.17.